The quantitative estimate of drug-likeness (QED) is 0.359. The van der Waals surface area contributed by atoms with E-state index in [1.54, 1.807) is 37.8 Å². The molecule has 0 bridgehead atoms. The van der Waals surface area contributed by atoms with Gasteiger partial charge in [-0.3, -0.25) is 0 Å². The van der Waals surface area contributed by atoms with Gasteiger partial charge in [-0.1, -0.05) is 48.5 Å². The zero-order valence-electron chi connectivity index (χ0n) is 24.6. The second-order valence-electron chi connectivity index (χ2n) is 12.5. The number of carboxylic acids is 1. The Kier molecular flexibility index (Phi) is 7.28. The van der Waals surface area contributed by atoms with Crippen LogP contribution in [0, 0.1) is 0 Å². The average Bonchev–Trinajstić information content (AvgIpc) is 3.28. The summed E-state index contributed by atoms with van der Waals surface area (Å²) in [6.45, 7) is 6.47. The van der Waals surface area contributed by atoms with Gasteiger partial charge in [0.05, 0.1) is 11.6 Å². The molecule has 224 valence electrons. The van der Waals surface area contributed by atoms with E-state index >= 15 is 0 Å². The summed E-state index contributed by atoms with van der Waals surface area (Å²) in [5.41, 5.74) is 4.06. The van der Waals surface area contributed by atoms with Gasteiger partial charge in [-0.2, -0.15) is 0 Å². The van der Waals surface area contributed by atoms with Gasteiger partial charge < -0.3 is 29.5 Å². The fourth-order valence-corrected chi connectivity index (χ4v) is 6.47. The molecule has 1 saturated heterocycles. The summed E-state index contributed by atoms with van der Waals surface area (Å²) in [6.07, 6.45) is 0.536. The summed E-state index contributed by atoms with van der Waals surface area (Å²) >= 11 is 0. The van der Waals surface area contributed by atoms with Crippen LogP contribution >= 0.6 is 0 Å². The number of likely N-dealkylation sites (tertiary alicyclic amines) is 1. The number of ether oxygens (including phenoxy) is 3. The summed E-state index contributed by atoms with van der Waals surface area (Å²) in [6, 6.07) is 20.6. The van der Waals surface area contributed by atoms with Crippen molar-refractivity contribution in [1.82, 2.24) is 10.2 Å². The second kappa shape index (κ2) is 10.9. The van der Waals surface area contributed by atoms with Crippen molar-refractivity contribution < 1.29 is 33.7 Å². The monoisotopic (exact) mass is 584 g/mol. The van der Waals surface area contributed by atoms with Crippen LogP contribution in [0.5, 0.6) is 5.75 Å². The van der Waals surface area contributed by atoms with Gasteiger partial charge in [0, 0.05) is 43.8 Å². The molecule has 1 spiro atoms. The highest BCUT2D eigenvalue weighted by atomic mass is 16.6. The van der Waals surface area contributed by atoms with Gasteiger partial charge in [0.1, 0.15) is 23.6 Å². The van der Waals surface area contributed by atoms with Gasteiger partial charge in [0.2, 0.25) is 0 Å². The minimum absolute atomic E-state index is 0.0129. The van der Waals surface area contributed by atoms with Crippen molar-refractivity contribution in [3.05, 3.63) is 89.0 Å². The lowest BCUT2D eigenvalue weighted by Gasteiger charge is -2.46. The van der Waals surface area contributed by atoms with Crippen LogP contribution in [0.15, 0.2) is 66.7 Å². The lowest BCUT2D eigenvalue weighted by atomic mass is 9.80. The Labute approximate surface area is 250 Å². The number of carbonyl (C=O) groups is 3. The molecule has 1 fully saturated rings. The first-order valence-corrected chi connectivity index (χ1v) is 14.7. The molecule has 0 saturated carbocycles. The lowest BCUT2D eigenvalue weighted by molar-refractivity contribution is -0.0256. The molecule has 1 aliphatic carbocycles. The third-order valence-electron chi connectivity index (χ3n) is 8.49. The van der Waals surface area contributed by atoms with Crippen LogP contribution in [0.4, 0.5) is 9.59 Å². The van der Waals surface area contributed by atoms with Crippen LogP contribution in [0.3, 0.4) is 0 Å². The number of alkyl carbamates (subject to hydrolysis) is 1. The number of carboxylic acid groups (broad SMARTS) is 1. The topological polar surface area (TPSA) is 114 Å². The van der Waals surface area contributed by atoms with Crippen molar-refractivity contribution in [3.8, 4) is 16.9 Å². The molecule has 3 aromatic carbocycles. The van der Waals surface area contributed by atoms with Gasteiger partial charge >= 0.3 is 18.2 Å². The maximum Gasteiger partial charge on any atom is 0.409 e. The van der Waals surface area contributed by atoms with Gasteiger partial charge in [-0.15, -0.1) is 0 Å². The van der Waals surface area contributed by atoms with Crippen molar-refractivity contribution in [3.63, 3.8) is 0 Å². The molecular formula is C34H36N2O7. The number of carbonyl (C=O) groups excluding carboxylic acids is 2. The molecule has 1 atom stereocenters. The third-order valence-corrected chi connectivity index (χ3v) is 8.49. The van der Waals surface area contributed by atoms with Crippen LogP contribution in [0.25, 0.3) is 11.1 Å². The normalized spacial score (nSPS) is 18.6. The lowest BCUT2D eigenvalue weighted by Crippen LogP contribution is -2.53. The first-order valence-electron chi connectivity index (χ1n) is 14.7. The largest absolute Gasteiger partial charge is 0.487 e. The van der Waals surface area contributed by atoms with E-state index in [2.05, 4.69) is 29.6 Å². The van der Waals surface area contributed by atoms with E-state index in [0.29, 0.717) is 43.7 Å². The van der Waals surface area contributed by atoms with Crippen LogP contribution in [0.1, 0.15) is 79.0 Å². The molecule has 6 rings (SSSR count). The first-order chi connectivity index (χ1) is 20.5. The van der Waals surface area contributed by atoms with Crippen molar-refractivity contribution >= 4 is 18.2 Å². The van der Waals surface area contributed by atoms with Gasteiger partial charge in [0.15, 0.2) is 0 Å². The Hall–Kier alpha value is -4.53. The number of piperidine rings is 1. The van der Waals surface area contributed by atoms with E-state index in [1.807, 2.05) is 24.3 Å². The SMILES string of the molecule is CC(C)(C)OC(=O)NC1CC2(CCN(C(=O)OCC3c4ccccc4-c4ccccc43)CC2)Oc2ccc(C(=O)O)cc21. The zero-order valence-corrected chi connectivity index (χ0v) is 24.6. The number of rotatable bonds is 4. The predicted octanol–water partition coefficient (Wildman–Crippen LogP) is 6.52. The molecular weight excluding hydrogens is 548 g/mol. The number of hydrogen-bond acceptors (Lipinski definition) is 6. The predicted molar refractivity (Wildman–Crippen MR) is 159 cm³/mol. The molecule has 9 heteroatoms. The Morgan fingerprint density at radius 3 is 2.19 bits per heavy atom. The molecule has 2 aliphatic heterocycles. The standard InChI is InChI=1S/C34H36N2O7/c1-33(2,3)43-31(39)35-28-19-34(42-29-13-12-21(30(37)38)18-26(28)29)14-16-36(17-15-34)32(40)41-20-27-24-10-6-4-8-22(24)23-9-5-7-11-25(23)27/h4-13,18,27-28H,14-17,19-20H2,1-3H3,(H,35,39)(H,37,38). The second-order valence-corrected chi connectivity index (χ2v) is 12.5. The highest BCUT2D eigenvalue weighted by Gasteiger charge is 2.45. The summed E-state index contributed by atoms with van der Waals surface area (Å²) in [5, 5.41) is 12.5. The van der Waals surface area contributed by atoms with Gasteiger partial charge in [0.25, 0.3) is 0 Å². The van der Waals surface area contributed by atoms with Crippen molar-refractivity contribution in [2.24, 2.45) is 0 Å². The smallest absolute Gasteiger partial charge is 0.409 e. The van der Waals surface area contributed by atoms with Gasteiger partial charge in [-0.25, -0.2) is 14.4 Å². The molecule has 2 N–H and O–H groups in total. The minimum atomic E-state index is -1.06. The Balaban J connectivity index is 1.13. The van der Waals surface area contributed by atoms with E-state index in [-0.39, 0.29) is 24.2 Å². The minimum Gasteiger partial charge on any atom is -0.487 e. The molecule has 0 aromatic heterocycles. The van der Waals surface area contributed by atoms with Crippen LogP contribution in [0.2, 0.25) is 0 Å². The van der Waals surface area contributed by atoms with E-state index in [0.717, 1.165) is 11.1 Å². The molecule has 3 aliphatic rings. The number of benzene rings is 3. The Morgan fingerprint density at radius 2 is 1.58 bits per heavy atom. The zero-order chi connectivity index (χ0) is 30.4. The average molecular weight is 585 g/mol. The highest BCUT2D eigenvalue weighted by Crippen LogP contribution is 2.46. The van der Waals surface area contributed by atoms with Gasteiger partial charge in [-0.05, 0) is 61.2 Å². The van der Waals surface area contributed by atoms with Crippen LogP contribution in [-0.4, -0.2) is 59.1 Å². The van der Waals surface area contributed by atoms with Crippen molar-refractivity contribution in [1.29, 1.82) is 0 Å². The molecule has 43 heavy (non-hydrogen) atoms. The maximum atomic E-state index is 13.2. The summed E-state index contributed by atoms with van der Waals surface area (Å²) < 4.78 is 17.9. The van der Waals surface area contributed by atoms with E-state index in [4.69, 9.17) is 14.2 Å². The molecule has 0 radical (unpaired) electrons. The fraction of sp³-hybridized carbons (Fsp3) is 0.382. The highest BCUT2D eigenvalue weighted by molar-refractivity contribution is 5.88. The molecule has 3 aromatic rings. The summed E-state index contributed by atoms with van der Waals surface area (Å²) in [4.78, 5) is 39.3. The van der Waals surface area contributed by atoms with E-state index in [9.17, 15) is 19.5 Å². The number of nitrogens with one attached hydrogen (secondary N) is 1. The van der Waals surface area contributed by atoms with Crippen LogP contribution in [-0.2, 0) is 9.47 Å². The summed E-state index contributed by atoms with van der Waals surface area (Å²) in [5.74, 6) is -0.552. The first kappa shape index (κ1) is 28.6. The van der Waals surface area contributed by atoms with Crippen LogP contribution < -0.4 is 10.1 Å². The molecule has 2 amide bonds. The number of fused-ring (bicyclic) bond motifs is 4. The molecule has 9 nitrogen and oxygen atoms in total. The number of amides is 2. The fourth-order valence-electron chi connectivity index (χ4n) is 6.47. The number of hydrogen-bond donors (Lipinski definition) is 2. The summed E-state index contributed by atoms with van der Waals surface area (Å²) in [7, 11) is 0. The molecule has 1 unspecified atom stereocenters. The number of nitrogens with zero attached hydrogens (tertiary/aromatic N) is 1. The molecule has 2 heterocycles. The maximum absolute atomic E-state index is 13.2. The van der Waals surface area contributed by atoms with Crippen molar-refractivity contribution in [2.75, 3.05) is 19.7 Å². The Morgan fingerprint density at radius 1 is 0.953 bits per heavy atom. The van der Waals surface area contributed by atoms with E-state index in [1.165, 1.54) is 17.2 Å². The Bertz CT molecular complexity index is 1520. The van der Waals surface area contributed by atoms with Crippen molar-refractivity contribution in [2.45, 2.75) is 63.2 Å². The number of aromatic carboxylic acids is 1. The third kappa shape index (κ3) is 5.76. The van der Waals surface area contributed by atoms with E-state index < -0.39 is 29.3 Å².